The van der Waals surface area contributed by atoms with Crippen molar-refractivity contribution in [1.82, 2.24) is 10.2 Å². The fourth-order valence-electron chi connectivity index (χ4n) is 3.62. The molecule has 1 N–H and O–H groups in total. The first-order valence-electron chi connectivity index (χ1n) is 9.34. The van der Waals surface area contributed by atoms with Gasteiger partial charge in [-0.25, -0.2) is 13.2 Å². The molecule has 1 unspecified atom stereocenters. The molecule has 0 bridgehead atoms. The summed E-state index contributed by atoms with van der Waals surface area (Å²) in [5, 5.41) is 2.95. The smallest absolute Gasteiger partial charge is 0.410 e. The Bertz CT molecular complexity index is 557. The van der Waals surface area contributed by atoms with Crippen molar-refractivity contribution in [1.29, 1.82) is 0 Å². The van der Waals surface area contributed by atoms with E-state index in [1.807, 2.05) is 0 Å². The maximum atomic E-state index is 12.1. The van der Waals surface area contributed by atoms with E-state index in [0.29, 0.717) is 25.9 Å². The van der Waals surface area contributed by atoms with Gasteiger partial charge in [-0.05, 0) is 32.6 Å². The van der Waals surface area contributed by atoms with Gasteiger partial charge in [0.05, 0.1) is 18.1 Å². The predicted molar refractivity (Wildman–Crippen MR) is 95.0 cm³/mol. The highest BCUT2D eigenvalue weighted by molar-refractivity contribution is 7.91. The molecule has 2 amide bonds. The van der Waals surface area contributed by atoms with Crippen LogP contribution >= 0.6 is 0 Å². The number of rotatable bonds is 7. The van der Waals surface area contributed by atoms with Crippen LogP contribution in [0.1, 0.15) is 51.9 Å². The molecule has 0 aromatic heterocycles. The minimum Gasteiger partial charge on any atom is -0.450 e. The molecule has 8 heteroatoms. The largest absolute Gasteiger partial charge is 0.450 e. The standard InChI is InChI=1S/C17H30N2O5S/c1-2-24-17(21)19(15-9-12-25(22,23)13-15)11-6-10-18-16(20)14-7-4-3-5-8-14/h14-15H,2-13H2,1H3,(H,18,20). The van der Waals surface area contributed by atoms with Gasteiger partial charge in [0.2, 0.25) is 5.91 Å². The lowest BCUT2D eigenvalue weighted by Crippen LogP contribution is -2.43. The monoisotopic (exact) mass is 374 g/mol. The summed E-state index contributed by atoms with van der Waals surface area (Å²) >= 11 is 0. The van der Waals surface area contributed by atoms with Crippen LogP contribution in [0.15, 0.2) is 0 Å². The number of hydrogen-bond donors (Lipinski definition) is 1. The Morgan fingerprint density at radius 1 is 1.16 bits per heavy atom. The Labute approximate surface area is 150 Å². The maximum absolute atomic E-state index is 12.1. The van der Waals surface area contributed by atoms with E-state index in [-0.39, 0.29) is 36.0 Å². The normalized spacial score (nSPS) is 23.2. The van der Waals surface area contributed by atoms with Gasteiger partial charge in [-0.15, -0.1) is 0 Å². The number of hydrogen-bond acceptors (Lipinski definition) is 5. The van der Waals surface area contributed by atoms with Crippen molar-refractivity contribution in [2.75, 3.05) is 31.2 Å². The Kier molecular flexibility index (Phi) is 7.53. The second-order valence-electron chi connectivity index (χ2n) is 6.93. The fraction of sp³-hybridized carbons (Fsp3) is 0.882. The molecule has 7 nitrogen and oxygen atoms in total. The molecule has 0 spiro atoms. The van der Waals surface area contributed by atoms with Gasteiger partial charge in [-0.1, -0.05) is 19.3 Å². The highest BCUT2D eigenvalue weighted by atomic mass is 32.2. The molecular weight excluding hydrogens is 344 g/mol. The number of nitrogens with one attached hydrogen (secondary N) is 1. The third kappa shape index (κ3) is 6.17. The first kappa shape index (κ1) is 20.0. The zero-order chi connectivity index (χ0) is 18.3. The van der Waals surface area contributed by atoms with Crippen LogP contribution in [-0.4, -0.2) is 62.6 Å². The summed E-state index contributed by atoms with van der Waals surface area (Å²) < 4.78 is 28.4. The molecule has 144 valence electrons. The molecule has 25 heavy (non-hydrogen) atoms. The molecule has 1 saturated heterocycles. The molecule has 0 radical (unpaired) electrons. The van der Waals surface area contributed by atoms with Crippen LogP contribution in [0.25, 0.3) is 0 Å². The minimum absolute atomic E-state index is 0.000246. The van der Waals surface area contributed by atoms with E-state index >= 15 is 0 Å². The van der Waals surface area contributed by atoms with Crippen molar-refractivity contribution in [3.8, 4) is 0 Å². The van der Waals surface area contributed by atoms with Crippen LogP contribution in [0.4, 0.5) is 4.79 Å². The Hall–Kier alpha value is -1.31. The molecule has 2 fully saturated rings. The van der Waals surface area contributed by atoms with Crippen molar-refractivity contribution in [2.45, 2.75) is 57.9 Å². The van der Waals surface area contributed by atoms with Crippen molar-refractivity contribution in [3.05, 3.63) is 0 Å². The number of sulfone groups is 1. The fourth-order valence-corrected chi connectivity index (χ4v) is 5.35. The van der Waals surface area contributed by atoms with Crippen LogP contribution < -0.4 is 5.32 Å². The summed E-state index contributed by atoms with van der Waals surface area (Å²) in [5.74, 6) is 0.340. The van der Waals surface area contributed by atoms with Gasteiger partial charge < -0.3 is 15.0 Å². The Morgan fingerprint density at radius 2 is 1.88 bits per heavy atom. The quantitative estimate of drug-likeness (QED) is 0.685. The highest BCUT2D eigenvalue weighted by Gasteiger charge is 2.35. The van der Waals surface area contributed by atoms with E-state index in [2.05, 4.69) is 5.32 Å². The van der Waals surface area contributed by atoms with Gasteiger partial charge >= 0.3 is 6.09 Å². The Morgan fingerprint density at radius 3 is 2.48 bits per heavy atom. The average molecular weight is 375 g/mol. The van der Waals surface area contributed by atoms with E-state index in [0.717, 1.165) is 25.7 Å². The summed E-state index contributed by atoms with van der Waals surface area (Å²) in [6.07, 6.45) is 5.94. The van der Waals surface area contributed by atoms with E-state index in [4.69, 9.17) is 4.74 Å². The minimum atomic E-state index is -3.07. The second kappa shape index (κ2) is 9.40. The second-order valence-corrected chi connectivity index (χ2v) is 9.16. The number of nitrogens with zero attached hydrogens (tertiary/aromatic N) is 1. The molecule has 1 saturated carbocycles. The van der Waals surface area contributed by atoms with Crippen LogP contribution in [0.5, 0.6) is 0 Å². The van der Waals surface area contributed by atoms with E-state index in [9.17, 15) is 18.0 Å². The van der Waals surface area contributed by atoms with Gasteiger partial charge in [-0.3, -0.25) is 4.79 Å². The first-order chi connectivity index (χ1) is 11.9. The van der Waals surface area contributed by atoms with Crippen molar-refractivity contribution in [3.63, 3.8) is 0 Å². The third-order valence-corrected chi connectivity index (χ3v) is 6.75. The van der Waals surface area contributed by atoms with Crippen molar-refractivity contribution >= 4 is 21.8 Å². The zero-order valence-electron chi connectivity index (χ0n) is 15.0. The molecule has 1 aliphatic carbocycles. The van der Waals surface area contributed by atoms with Gasteiger partial charge in [0.15, 0.2) is 9.84 Å². The Balaban J connectivity index is 1.79. The lowest BCUT2D eigenvalue weighted by molar-refractivity contribution is -0.125. The molecule has 0 aromatic carbocycles. The average Bonchev–Trinajstić information content (AvgIpc) is 2.95. The molecule has 2 rings (SSSR count). The van der Waals surface area contributed by atoms with Crippen LogP contribution in [0.3, 0.4) is 0 Å². The van der Waals surface area contributed by atoms with Crippen LogP contribution in [-0.2, 0) is 19.4 Å². The van der Waals surface area contributed by atoms with E-state index in [1.54, 1.807) is 6.92 Å². The molecule has 1 atom stereocenters. The van der Waals surface area contributed by atoms with Gasteiger partial charge in [0.25, 0.3) is 0 Å². The number of carbonyl (C=O) groups excluding carboxylic acids is 2. The third-order valence-electron chi connectivity index (χ3n) is 5.00. The molecule has 1 heterocycles. The number of amides is 2. The van der Waals surface area contributed by atoms with Crippen molar-refractivity contribution in [2.24, 2.45) is 5.92 Å². The molecule has 0 aromatic rings. The topological polar surface area (TPSA) is 92.8 Å². The zero-order valence-corrected chi connectivity index (χ0v) is 15.9. The summed E-state index contributed by atoms with van der Waals surface area (Å²) in [7, 11) is -3.07. The SMILES string of the molecule is CCOC(=O)N(CCCNC(=O)C1CCCCC1)C1CCS(=O)(=O)C1. The lowest BCUT2D eigenvalue weighted by atomic mass is 9.89. The summed E-state index contributed by atoms with van der Waals surface area (Å²) in [6, 6.07) is -0.321. The van der Waals surface area contributed by atoms with Gasteiger partial charge in [-0.2, -0.15) is 0 Å². The van der Waals surface area contributed by atoms with E-state index < -0.39 is 15.9 Å². The highest BCUT2D eigenvalue weighted by Crippen LogP contribution is 2.23. The van der Waals surface area contributed by atoms with Crippen molar-refractivity contribution < 1.29 is 22.7 Å². The van der Waals surface area contributed by atoms with E-state index in [1.165, 1.54) is 11.3 Å². The molecule has 2 aliphatic rings. The maximum Gasteiger partial charge on any atom is 0.410 e. The number of ether oxygens (including phenoxy) is 1. The van der Waals surface area contributed by atoms with Crippen LogP contribution in [0, 0.1) is 5.92 Å². The summed E-state index contributed by atoms with van der Waals surface area (Å²) in [6.45, 7) is 2.87. The first-order valence-corrected chi connectivity index (χ1v) is 11.2. The lowest BCUT2D eigenvalue weighted by Gasteiger charge is -2.27. The predicted octanol–water partition coefficient (Wildman–Crippen LogP) is 1.72. The van der Waals surface area contributed by atoms with Gasteiger partial charge in [0.1, 0.15) is 0 Å². The van der Waals surface area contributed by atoms with Gasteiger partial charge in [0, 0.05) is 25.0 Å². The molecular formula is C17H30N2O5S. The summed E-state index contributed by atoms with van der Waals surface area (Å²) in [5.41, 5.74) is 0. The summed E-state index contributed by atoms with van der Waals surface area (Å²) in [4.78, 5) is 25.8. The molecule has 1 aliphatic heterocycles. The van der Waals surface area contributed by atoms with Crippen LogP contribution in [0.2, 0.25) is 0 Å². The number of carbonyl (C=O) groups is 2.